The van der Waals surface area contributed by atoms with Crippen LogP contribution in [-0.4, -0.2) is 29.6 Å². The van der Waals surface area contributed by atoms with Crippen LogP contribution >= 0.6 is 0 Å². The Bertz CT molecular complexity index is 519. The minimum atomic E-state index is -0.445. The topological polar surface area (TPSA) is 41.1 Å². The van der Waals surface area contributed by atoms with Gasteiger partial charge < -0.3 is 10.2 Å². The van der Waals surface area contributed by atoms with E-state index in [9.17, 15) is 8.78 Å². The summed E-state index contributed by atoms with van der Waals surface area (Å²) in [6, 6.07) is 6.51. The van der Waals surface area contributed by atoms with Gasteiger partial charge in [0.2, 0.25) is 5.95 Å². The molecule has 1 unspecified atom stereocenters. The molecule has 0 aliphatic carbocycles. The van der Waals surface area contributed by atoms with Crippen LogP contribution in [0.4, 0.5) is 14.7 Å². The molecule has 1 fully saturated rings. The highest BCUT2D eigenvalue weighted by atomic mass is 19.1. The summed E-state index contributed by atoms with van der Waals surface area (Å²) >= 11 is 0. The zero-order valence-electron chi connectivity index (χ0n) is 10.8. The zero-order chi connectivity index (χ0) is 13.9. The molecule has 0 spiro atoms. The van der Waals surface area contributed by atoms with Gasteiger partial charge in [-0.15, -0.1) is 0 Å². The van der Waals surface area contributed by atoms with E-state index < -0.39 is 5.82 Å². The van der Waals surface area contributed by atoms with E-state index in [1.165, 1.54) is 12.1 Å². The Morgan fingerprint density at radius 3 is 2.45 bits per heavy atom. The molecule has 0 amide bonds. The summed E-state index contributed by atoms with van der Waals surface area (Å²) in [5.41, 5.74) is 1.01. The summed E-state index contributed by atoms with van der Waals surface area (Å²) in [5.74, 6) is -0.178. The molecule has 1 atom stereocenters. The second kappa shape index (κ2) is 5.50. The first kappa shape index (κ1) is 12.9. The van der Waals surface area contributed by atoms with Crippen molar-refractivity contribution in [3.8, 4) is 0 Å². The van der Waals surface area contributed by atoms with Gasteiger partial charge in [0.05, 0.1) is 12.4 Å². The van der Waals surface area contributed by atoms with Crippen LogP contribution in [0.5, 0.6) is 0 Å². The predicted octanol–water partition coefficient (Wildman–Crippen LogP) is 1.91. The van der Waals surface area contributed by atoms with Crippen molar-refractivity contribution in [2.75, 3.05) is 24.5 Å². The van der Waals surface area contributed by atoms with E-state index in [0.717, 1.165) is 31.0 Å². The fourth-order valence-electron chi connectivity index (χ4n) is 2.32. The number of hydrogen-bond acceptors (Lipinski definition) is 4. The van der Waals surface area contributed by atoms with Gasteiger partial charge in [0.25, 0.3) is 0 Å². The average Bonchev–Trinajstić information content (AvgIpc) is 2.49. The van der Waals surface area contributed by atoms with Crippen molar-refractivity contribution >= 4 is 5.95 Å². The first-order chi connectivity index (χ1) is 9.72. The summed E-state index contributed by atoms with van der Waals surface area (Å²) in [7, 11) is 0. The van der Waals surface area contributed by atoms with Crippen LogP contribution < -0.4 is 10.2 Å². The first-order valence-electron chi connectivity index (χ1n) is 6.44. The Morgan fingerprint density at radius 2 is 1.75 bits per heavy atom. The SMILES string of the molecule is Fc1ccc(C2CN(c3ncc(F)cn3)CCN2)cc1. The number of hydrogen-bond donors (Lipinski definition) is 1. The van der Waals surface area contributed by atoms with Crippen LogP contribution in [0.15, 0.2) is 36.7 Å². The van der Waals surface area contributed by atoms with Crippen LogP contribution in [-0.2, 0) is 0 Å². The van der Waals surface area contributed by atoms with Gasteiger partial charge in [0.15, 0.2) is 5.82 Å². The Morgan fingerprint density at radius 1 is 1.05 bits per heavy atom. The minimum Gasteiger partial charge on any atom is -0.338 e. The van der Waals surface area contributed by atoms with E-state index in [4.69, 9.17) is 0 Å². The maximum Gasteiger partial charge on any atom is 0.225 e. The Labute approximate surface area is 115 Å². The van der Waals surface area contributed by atoms with Crippen LogP contribution in [0, 0.1) is 11.6 Å². The molecule has 1 aromatic heterocycles. The van der Waals surface area contributed by atoms with Crippen LogP contribution in [0.3, 0.4) is 0 Å². The number of piperazine rings is 1. The number of halogens is 2. The normalized spacial score (nSPS) is 19.1. The molecule has 0 saturated carbocycles. The third kappa shape index (κ3) is 2.75. The van der Waals surface area contributed by atoms with Gasteiger partial charge in [-0.25, -0.2) is 18.7 Å². The maximum absolute atomic E-state index is 12.9. The monoisotopic (exact) mass is 276 g/mol. The predicted molar refractivity (Wildman–Crippen MR) is 71.3 cm³/mol. The van der Waals surface area contributed by atoms with Gasteiger partial charge >= 0.3 is 0 Å². The molecule has 104 valence electrons. The van der Waals surface area contributed by atoms with E-state index in [0.29, 0.717) is 12.5 Å². The molecule has 0 radical (unpaired) electrons. The molecular formula is C14H14F2N4. The molecule has 0 bridgehead atoms. The third-order valence-electron chi connectivity index (χ3n) is 3.34. The lowest BCUT2D eigenvalue weighted by molar-refractivity contribution is 0.465. The van der Waals surface area contributed by atoms with Crippen molar-refractivity contribution in [1.29, 1.82) is 0 Å². The van der Waals surface area contributed by atoms with Crippen LogP contribution in [0.25, 0.3) is 0 Å². The molecule has 1 aliphatic heterocycles. The first-order valence-corrected chi connectivity index (χ1v) is 6.44. The molecule has 3 rings (SSSR count). The fraction of sp³-hybridized carbons (Fsp3) is 0.286. The highest BCUT2D eigenvalue weighted by molar-refractivity contribution is 5.32. The Hall–Kier alpha value is -2.08. The molecule has 1 aromatic carbocycles. The Kier molecular flexibility index (Phi) is 3.56. The zero-order valence-corrected chi connectivity index (χ0v) is 10.8. The second-order valence-corrected chi connectivity index (χ2v) is 4.71. The van der Waals surface area contributed by atoms with Gasteiger partial charge in [-0.3, -0.25) is 0 Å². The number of aromatic nitrogens is 2. The minimum absolute atomic E-state index is 0.0815. The van der Waals surface area contributed by atoms with E-state index in [1.54, 1.807) is 12.1 Å². The summed E-state index contributed by atoms with van der Waals surface area (Å²) in [5, 5.41) is 3.37. The maximum atomic E-state index is 12.9. The molecule has 20 heavy (non-hydrogen) atoms. The molecule has 2 heterocycles. The van der Waals surface area contributed by atoms with Crippen molar-refractivity contribution in [2.24, 2.45) is 0 Å². The van der Waals surface area contributed by atoms with Crippen LogP contribution in [0.1, 0.15) is 11.6 Å². The Balaban J connectivity index is 1.76. The highest BCUT2D eigenvalue weighted by Gasteiger charge is 2.22. The molecule has 1 aliphatic rings. The van der Waals surface area contributed by atoms with E-state index in [-0.39, 0.29) is 11.9 Å². The van der Waals surface area contributed by atoms with Crippen molar-refractivity contribution in [2.45, 2.75) is 6.04 Å². The molecule has 2 aromatic rings. The second-order valence-electron chi connectivity index (χ2n) is 4.71. The molecule has 6 heteroatoms. The van der Waals surface area contributed by atoms with E-state index in [1.807, 2.05) is 4.90 Å². The quantitative estimate of drug-likeness (QED) is 0.909. The summed E-state index contributed by atoms with van der Waals surface area (Å²) in [6.45, 7) is 2.18. The van der Waals surface area contributed by atoms with Gasteiger partial charge in [0.1, 0.15) is 5.82 Å². The standard InChI is InChI=1S/C14H14F2N4/c15-11-3-1-10(2-4-11)13-9-20(6-5-17-13)14-18-7-12(16)8-19-14/h1-4,7-8,13,17H,5-6,9H2. The number of anilines is 1. The van der Waals surface area contributed by atoms with E-state index >= 15 is 0 Å². The summed E-state index contributed by atoms with van der Waals surface area (Å²) in [6.07, 6.45) is 2.33. The van der Waals surface area contributed by atoms with Gasteiger partial charge in [-0.2, -0.15) is 0 Å². The number of benzene rings is 1. The molecular weight excluding hydrogens is 262 g/mol. The smallest absolute Gasteiger partial charge is 0.225 e. The molecule has 4 nitrogen and oxygen atoms in total. The summed E-state index contributed by atoms with van der Waals surface area (Å²) < 4.78 is 25.8. The van der Waals surface area contributed by atoms with Crippen molar-refractivity contribution < 1.29 is 8.78 Å². The molecule has 1 N–H and O–H groups in total. The van der Waals surface area contributed by atoms with Gasteiger partial charge in [0, 0.05) is 25.7 Å². The lowest BCUT2D eigenvalue weighted by Gasteiger charge is -2.33. The van der Waals surface area contributed by atoms with Gasteiger partial charge in [-0.05, 0) is 17.7 Å². The largest absolute Gasteiger partial charge is 0.338 e. The van der Waals surface area contributed by atoms with Crippen molar-refractivity contribution in [3.63, 3.8) is 0 Å². The lowest BCUT2D eigenvalue weighted by Crippen LogP contribution is -2.46. The number of rotatable bonds is 2. The third-order valence-corrected chi connectivity index (χ3v) is 3.34. The fourth-order valence-corrected chi connectivity index (χ4v) is 2.32. The number of nitrogens with one attached hydrogen (secondary N) is 1. The highest BCUT2D eigenvalue weighted by Crippen LogP contribution is 2.20. The van der Waals surface area contributed by atoms with Gasteiger partial charge in [-0.1, -0.05) is 12.1 Å². The molecule has 1 saturated heterocycles. The van der Waals surface area contributed by atoms with E-state index in [2.05, 4.69) is 15.3 Å². The average molecular weight is 276 g/mol. The van der Waals surface area contributed by atoms with Crippen molar-refractivity contribution in [1.82, 2.24) is 15.3 Å². The van der Waals surface area contributed by atoms with Crippen molar-refractivity contribution in [3.05, 3.63) is 53.9 Å². The van der Waals surface area contributed by atoms with Crippen LogP contribution in [0.2, 0.25) is 0 Å². The summed E-state index contributed by atoms with van der Waals surface area (Å²) in [4.78, 5) is 9.98. The number of nitrogens with zero attached hydrogens (tertiary/aromatic N) is 3. The lowest BCUT2D eigenvalue weighted by atomic mass is 10.0.